The van der Waals surface area contributed by atoms with E-state index in [2.05, 4.69) is 19.2 Å². The maximum Gasteiger partial charge on any atom is 0.307 e. The van der Waals surface area contributed by atoms with Crippen molar-refractivity contribution in [2.24, 2.45) is 5.92 Å². The molecule has 1 aliphatic rings. The fourth-order valence-corrected chi connectivity index (χ4v) is 2.79. The van der Waals surface area contributed by atoms with Crippen LogP contribution < -0.4 is 5.32 Å². The minimum Gasteiger partial charge on any atom is -0.469 e. The molecule has 1 saturated carbocycles. The van der Waals surface area contributed by atoms with Crippen molar-refractivity contribution in [2.75, 3.05) is 13.7 Å². The van der Waals surface area contributed by atoms with Crippen molar-refractivity contribution in [3.63, 3.8) is 0 Å². The zero-order chi connectivity index (χ0) is 12.7. The van der Waals surface area contributed by atoms with E-state index in [4.69, 9.17) is 4.74 Å². The molecule has 0 bridgehead atoms. The third kappa shape index (κ3) is 4.30. The van der Waals surface area contributed by atoms with Gasteiger partial charge in [0.1, 0.15) is 0 Å². The van der Waals surface area contributed by atoms with Gasteiger partial charge in [-0.25, -0.2) is 0 Å². The normalized spacial score (nSPS) is 29.0. The quantitative estimate of drug-likeness (QED) is 0.727. The average molecular weight is 241 g/mol. The van der Waals surface area contributed by atoms with E-state index in [0.717, 1.165) is 31.7 Å². The van der Waals surface area contributed by atoms with E-state index in [0.29, 0.717) is 6.42 Å². The maximum atomic E-state index is 11.5. The van der Waals surface area contributed by atoms with Gasteiger partial charge in [-0.15, -0.1) is 0 Å². The molecule has 0 aromatic carbocycles. The van der Waals surface area contributed by atoms with E-state index >= 15 is 0 Å². The molecule has 1 N–H and O–H groups in total. The van der Waals surface area contributed by atoms with Crippen LogP contribution in [0.15, 0.2) is 0 Å². The minimum atomic E-state index is -0.0800. The lowest BCUT2D eigenvalue weighted by Gasteiger charge is -2.40. The number of carbonyl (C=O) groups is 1. The summed E-state index contributed by atoms with van der Waals surface area (Å²) in [5.41, 5.74) is 0.00870. The Morgan fingerprint density at radius 2 is 2.00 bits per heavy atom. The van der Waals surface area contributed by atoms with Gasteiger partial charge < -0.3 is 10.1 Å². The number of methoxy groups -OCH3 is 1. The summed E-state index contributed by atoms with van der Waals surface area (Å²) in [6, 6.07) is 0. The summed E-state index contributed by atoms with van der Waals surface area (Å²) in [4.78, 5) is 11.5. The van der Waals surface area contributed by atoms with Crippen molar-refractivity contribution >= 4 is 5.97 Å². The topological polar surface area (TPSA) is 38.3 Å². The molecular weight excluding hydrogens is 214 g/mol. The molecule has 3 heteroatoms. The number of rotatable bonds is 6. The van der Waals surface area contributed by atoms with Gasteiger partial charge in [0.15, 0.2) is 0 Å². The molecule has 1 aliphatic carbocycles. The Labute approximate surface area is 105 Å². The van der Waals surface area contributed by atoms with Crippen LogP contribution in [0.1, 0.15) is 58.8 Å². The van der Waals surface area contributed by atoms with Crippen molar-refractivity contribution in [1.82, 2.24) is 5.32 Å². The first-order chi connectivity index (χ1) is 8.15. The Kier molecular flexibility index (Phi) is 5.96. The van der Waals surface area contributed by atoms with E-state index in [-0.39, 0.29) is 11.5 Å². The lowest BCUT2D eigenvalue weighted by Crippen LogP contribution is -2.49. The van der Waals surface area contributed by atoms with Crippen LogP contribution in [-0.4, -0.2) is 25.2 Å². The largest absolute Gasteiger partial charge is 0.469 e. The van der Waals surface area contributed by atoms with Crippen LogP contribution in [0.5, 0.6) is 0 Å². The van der Waals surface area contributed by atoms with Crippen molar-refractivity contribution < 1.29 is 9.53 Å². The second kappa shape index (κ2) is 7.00. The molecule has 0 aromatic rings. The first kappa shape index (κ1) is 14.5. The van der Waals surface area contributed by atoms with Gasteiger partial charge in [-0.1, -0.05) is 20.3 Å². The van der Waals surface area contributed by atoms with Crippen molar-refractivity contribution in [3.05, 3.63) is 0 Å². The summed E-state index contributed by atoms with van der Waals surface area (Å²) in [5, 5.41) is 3.59. The van der Waals surface area contributed by atoms with Gasteiger partial charge in [-0.2, -0.15) is 0 Å². The van der Waals surface area contributed by atoms with E-state index in [1.807, 2.05) is 0 Å². The molecule has 0 saturated heterocycles. The average Bonchev–Trinajstić information content (AvgIpc) is 2.37. The van der Waals surface area contributed by atoms with Gasteiger partial charge in [0, 0.05) is 5.54 Å². The molecule has 1 fully saturated rings. The smallest absolute Gasteiger partial charge is 0.307 e. The molecule has 3 nitrogen and oxygen atoms in total. The SMILES string of the molecule is CCCNC1(CC(=O)OC)CCC(CC)CC1. The summed E-state index contributed by atoms with van der Waals surface area (Å²) in [6.45, 7) is 5.42. The van der Waals surface area contributed by atoms with Gasteiger partial charge in [0.25, 0.3) is 0 Å². The van der Waals surface area contributed by atoms with Crippen LogP contribution in [0.4, 0.5) is 0 Å². The van der Waals surface area contributed by atoms with E-state index in [1.165, 1.54) is 26.4 Å². The second-order valence-corrected chi connectivity index (χ2v) is 5.31. The number of carbonyl (C=O) groups excluding carboxylic acids is 1. The zero-order valence-electron chi connectivity index (χ0n) is 11.6. The third-order valence-corrected chi connectivity index (χ3v) is 4.10. The summed E-state index contributed by atoms with van der Waals surface area (Å²) < 4.78 is 4.83. The van der Waals surface area contributed by atoms with Gasteiger partial charge >= 0.3 is 5.97 Å². The Bertz CT molecular complexity index is 232. The molecule has 0 aromatic heterocycles. The lowest BCUT2D eigenvalue weighted by molar-refractivity contribution is -0.142. The molecule has 1 rings (SSSR count). The standard InChI is InChI=1S/C14H27NO2/c1-4-10-15-14(11-13(16)17-3)8-6-12(5-2)7-9-14/h12,15H,4-11H2,1-3H3. The Morgan fingerprint density at radius 1 is 1.35 bits per heavy atom. The molecule has 0 spiro atoms. The minimum absolute atomic E-state index is 0.00870. The van der Waals surface area contributed by atoms with Gasteiger partial charge in [0.05, 0.1) is 13.5 Å². The highest BCUT2D eigenvalue weighted by Gasteiger charge is 2.36. The molecule has 100 valence electrons. The van der Waals surface area contributed by atoms with Crippen LogP contribution >= 0.6 is 0 Å². The molecule has 17 heavy (non-hydrogen) atoms. The van der Waals surface area contributed by atoms with Crippen LogP contribution in [0.25, 0.3) is 0 Å². The lowest BCUT2D eigenvalue weighted by atomic mass is 9.74. The van der Waals surface area contributed by atoms with Gasteiger partial charge in [0.2, 0.25) is 0 Å². The van der Waals surface area contributed by atoms with Crippen LogP contribution in [-0.2, 0) is 9.53 Å². The molecule has 0 aliphatic heterocycles. The predicted molar refractivity (Wildman–Crippen MR) is 69.9 cm³/mol. The number of hydrogen-bond acceptors (Lipinski definition) is 3. The fourth-order valence-electron chi connectivity index (χ4n) is 2.79. The number of hydrogen-bond donors (Lipinski definition) is 1. The Morgan fingerprint density at radius 3 is 2.47 bits per heavy atom. The van der Waals surface area contributed by atoms with Crippen molar-refractivity contribution in [2.45, 2.75) is 64.3 Å². The zero-order valence-corrected chi connectivity index (χ0v) is 11.6. The molecule has 0 radical (unpaired) electrons. The summed E-state index contributed by atoms with van der Waals surface area (Å²) >= 11 is 0. The molecule has 0 amide bonds. The molecule has 0 unspecified atom stereocenters. The number of nitrogens with one attached hydrogen (secondary N) is 1. The van der Waals surface area contributed by atoms with Gasteiger partial charge in [-0.3, -0.25) is 4.79 Å². The van der Waals surface area contributed by atoms with Crippen LogP contribution in [0, 0.1) is 5.92 Å². The summed E-state index contributed by atoms with van der Waals surface area (Å²) in [5.74, 6) is 0.771. The van der Waals surface area contributed by atoms with Crippen molar-refractivity contribution in [1.29, 1.82) is 0 Å². The number of esters is 1. The Balaban J connectivity index is 2.57. The second-order valence-electron chi connectivity index (χ2n) is 5.31. The highest BCUT2D eigenvalue weighted by Crippen LogP contribution is 2.36. The maximum absolute atomic E-state index is 11.5. The van der Waals surface area contributed by atoms with E-state index in [1.54, 1.807) is 0 Å². The van der Waals surface area contributed by atoms with Gasteiger partial charge in [-0.05, 0) is 44.6 Å². The molecule has 0 heterocycles. The molecule has 0 atom stereocenters. The van der Waals surface area contributed by atoms with Crippen LogP contribution in [0.3, 0.4) is 0 Å². The fraction of sp³-hybridized carbons (Fsp3) is 0.929. The summed E-state index contributed by atoms with van der Waals surface area (Å²) in [6.07, 6.45) is 7.61. The predicted octanol–water partition coefficient (Wildman–Crippen LogP) is 2.89. The first-order valence-electron chi connectivity index (χ1n) is 6.97. The van der Waals surface area contributed by atoms with E-state index < -0.39 is 0 Å². The third-order valence-electron chi connectivity index (χ3n) is 4.10. The van der Waals surface area contributed by atoms with Crippen molar-refractivity contribution in [3.8, 4) is 0 Å². The summed E-state index contributed by atoms with van der Waals surface area (Å²) in [7, 11) is 1.48. The number of ether oxygens (including phenoxy) is 1. The highest BCUT2D eigenvalue weighted by molar-refractivity contribution is 5.70. The Hall–Kier alpha value is -0.570. The molecular formula is C14H27NO2. The van der Waals surface area contributed by atoms with Crippen LogP contribution in [0.2, 0.25) is 0 Å². The first-order valence-corrected chi connectivity index (χ1v) is 6.97. The highest BCUT2D eigenvalue weighted by atomic mass is 16.5. The monoisotopic (exact) mass is 241 g/mol. The van der Waals surface area contributed by atoms with E-state index in [9.17, 15) is 4.79 Å².